The van der Waals surface area contributed by atoms with E-state index in [0.29, 0.717) is 13.2 Å². The number of ether oxygens (including phenoxy) is 4. The van der Waals surface area contributed by atoms with E-state index >= 15 is 0 Å². The van der Waals surface area contributed by atoms with Gasteiger partial charge in [-0.1, -0.05) is 13.8 Å². The van der Waals surface area contributed by atoms with Crippen molar-refractivity contribution in [2.75, 3.05) is 27.9 Å². The van der Waals surface area contributed by atoms with Crippen molar-refractivity contribution in [3.05, 3.63) is 23.8 Å². The predicted molar refractivity (Wildman–Crippen MR) is 82.0 cm³/mol. The molecule has 1 aromatic carbocycles. The molecular weight excluding hydrogens is 284 g/mol. The second-order valence-corrected chi connectivity index (χ2v) is 6.12. The van der Waals surface area contributed by atoms with Crippen LogP contribution in [0.1, 0.15) is 19.4 Å². The third-order valence-corrected chi connectivity index (χ3v) is 4.55. The molecule has 22 heavy (non-hydrogen) atoms. The topological polar surface area (TPSA) is 54.0 Å². The molecule has 5 nitrogen and oxygen atoms in total. The maximum absolute atomic E-state index is 11.7. The van der Waals surface area contributed by atoms with E-state index in [1.165, 1.54) is 7.11 Å². The van der Waals surface area contributed by atoms with Crippen molar-refractivity contribution in [3.63, 3.8) is 0 Å². The molecule has 1 aliphatic carbocycles. The molecule has 1 aromatic rings. The molecule has 0 spiro atoms. The van der Waals surface area contributed by atoms with Crippen molar-refractivity contribution in [1.82, 2.24) is 0 Å². The van der Waals surface area contributed by atoms with Crippen LogP contribution in [0.2, 0.25) is 0 Å². The summed E-state index contributed by atoms with van der Waals surface area (Å²) in [5.41, 5.74) is 0.897. The minimum atomic E-state index is -0.152. The van der Waals surface area contributed by atoms with Gasteiger partial charge in [-0.15, -0.1) is 0 Å². The maximum Gasteiger partial charge on any atom is 0.309 e. The number of benzene rings is 1. The van der Waals surface area contributed by atoms with Crippen LogP contribution in [0.3, 0.4) is 0 Å². The van der Waals surface area contributed by atoms with Crippen molar-refractivity contribution in [2.45, 2.75) is 20.5 Å². The largest absolute Gasteiger partial charge is 0.497 e. The summed E-state index contributed by atoms with van der Waals surface area (Å²) in [6, 6.07) is 5.63. The Morgan fingerprint density at radius 2 is 1.91 bits per heavy atom. The van der Waals surface area contributed by atoms with Crippen LogP contribution in [0.15, 0.2) is 18.2 Å². The zero-order valence-corrected chi connectivity index (χ0v) is 13.8. The van der Waals surface area contributed by atoms with Crippen LogP contribution in [-0.4, -0.2) is 33.9 Å². The van der Waals surface area contributed by atoms with E-state index in [1.54, 1.807) is 14.2 Å². The second kappa shape index (κ2) is 6.57. The van der Waals surface area contributed by atoms with Crippen LogP contribution in [0.5, 0.6) is 11.5 Å². The lowest BCUT2D eigenvalue weighted by Gasteiger charge is -2.11. The maximum atomic E-state index is 11.7. The lowest BCUT2D eigenvalue weighted by atomic mass is 10.1. The second-order valence-electron chi connectivity index (χ2n) is 6.12. The highest BCUT2D eigenvalue weighted by molar-refractivity contribution is 5.77. The Balaban J connectivity index is 1.91. The van der Waals surface area contributed by atoms with Gasteiger partial charge in [0.15, 0.2) is 0 Å². The third kappa shape index (κ3) is 3.19. The van der Waals surface area contributed by atoms with Crippen LogP contribution in [0, 0.1) is 17.3 Å². The van der Waals surface area contributed by atoms with E-state index in [-0.39, 0.29) is 23.2 Å². The summed E-state index contributed by atoms with van der Waals surface area (Å²) in [6.07, 6.45) is 0. The fraction of sp³-hybridized carbons (Fsp3) is 0.588. The summed E-state index contributed by atoms with van der Waals surface area (Å²) in [6.45, 7) is 5.10. The van der Waals surface area contributed by atoms with Crippen molar-refractivity contribution < 1.29 is 23.7 Å². The molecule has 2 unspecified atom stereocenters. The minimum absolute atomic E-state index is 0.0584. The van der Waals surface area contributed by atoms with E-state index < -0.39 is 0 Å². The van der Waals surface area contributed by atoms with Gasteiger partial charge in [0.1, 0.15) is 11.5 Å². The minimum Gasteiger partial charge on any atom is -0.497 e. The van der Waals surface area contributed by atoms with Gasteiger partial charge in [0.05, 0.1) is 40.5 Å². The van der Waals surface area contributed by atoms with E-state index in [1.807, 2.05) is 18.2 Å². The van der Waals surface area contributed by atoms with Gasteiger partial charge in [-0.2, -0.15) is 0 Å². The molecule has 2 atom stereocenters. The first-order valence-electron chi connectivity index (χ1n) is 7.32. The Morgan fingerprint density at radius 1 is 1.18 bits per heavy atom. The van der Waals surface area contributed by atoms with Gasteiger partial charge in [0.25, 0.3) is 0 Å². The first kappa shape index (κ1) is 16.6. The van der Waals surface area contributed by atoms with Crippen molar-refractivity contribution >= 4 is 5.97 Å². The summed E-state index contributed by atoms with van der Waals surface area (Å²) in [5, 5.41) is 0. The van der Waals surface area contributed by atoms with Gasteiger partial charge >= 0.3 is 5.97 Å². The summed E-state index contributed by atoms with van der Waals surface area (Å²) < 4.78 is 21.1. The molecule has 0 radical (unpaired) electrons. The number of esters is 1. The standard InChI is InChI=1S/C17H24O5/c1-17(2)13(15(17)16(18)21-5)10-22-9-11-6-7-12(19-3)8-14(11)20-4/h6-8,13,15H,9-10H2,1-5H3. The van der Waals surface area contributed by atoms with Crippen LogP contribution in [0.25, 0.3) is 0 Å². The molecule has 0 N–H and O–H groups in total. The summed E-state index contributed by atoms with van der Waals surface area (Å²) in [5.74, 6) is 1.45. The molecule has 0 aliphatic heterocycles. The zero-order chi connectivity index (χ0) is 16.3. The van der Waals surface area contributed by atoms with Crippen molar-refractivity contribution in [2.24, 2.45) is 17.3 Å². The average Bonchev–Trinajstić information content (AvgIpc) is 3.07. The zero-order valence-electron chi connectivity index (χ0n) is 13.8. The average molecular weight is 308 g/mol. The summed E-state index contributed by atoms with van der Waals surface area (Å²) in [4.78, 5) is 11.7. The Kier molecular flexibility index (Phi) is 4.96. The molecule has 0 bridgehead atoms. The first-order valence-corrected chi connectivity index (χ1v) is 7.32. The molecule has 1 aliphatic rings. The van der Waals surface area contributed by atoms with Gasteiger partial charge in [-0.3, -0.25) is 4.79 Å². The highest BCUT2D eigenvalue weighted by Crippen LogP contribution is 2.58. The highest BCUT2D eigenvalue weighted by atomic mass is 16.5. The lowest BCUT2D eigenvalue weighted by molar-refractivity contribution is -0.143. The molecular formula is C17H24O5. The van der Waals surface area contributed by atoms with Crippen LogP contribution < -0.4 is 9.47 Å². The molecule has 0 aromatic heterocycles. The van der Waals surface area contributed by atoms with Gasteiger partial charge in [-0.05, 0) is 17.5 Å². The quantitative estimate of drug-likeness (QED) is 0.725. The number of carbonyl (C=O) groups is 1. The Labute approximate surface area is 131 Å². The lowest BCUT2D eigenvalue weighted by Crippen LogP contribution is -2.08. The number of rotatable bonds is 7. The van der Waals surface area contributed by atoms with E-state index in [0.717, 1.165) is 17.1 Å². The van der Waals surface area contributed by atoms with Gasteiger partial charge in [-0.25, -0.2) is 0 Å². The van der Waals surface area contributed by atoms with E-state index in [9.17, 15) is 4.79 Å². The number of carbonyl (C=O) groups excluding carboxylic acids is 1. The smallest absolute Gasteiger partial charge is 0.309 e. The Hall–Kier alpha value is -1.75. The molecule has 5 heteroatoms. The Morgan fingerprint density at radius 3 is 2.50 bits per heavy atom. The fourth-order valence-electron chi connectivity index (χ4n) is 2.92. The molecule has 2 rings (SSSR count). The SMILES string of the molecule is COC(=O)C1C(COCc2ccc(OC)cc2OC)C1(C)C. The molecule has 0 amide bonds. The van der Waals surface area contributed by atoms with Crippen molar-refractivity contribution in [3.8, 4) is 11.5 Å². The van der Waals surface area contributed by atoms with Crippen LogP contribution in [-0.2, 0) is 20.9 Å². The molecule has 122 valence electrons. The van der Waals surface area contributed by atoms with Gasteiger partial charge < -0.3 is 18.9 Å². The number of hydrogen-bond acceptors (Lipinski definition) is 5. The van der Waals surface area contributed by atoms with E-state index in [4.69, 9.17) is 18.9 Å². The molecule has 0 heterocycles. The van der Waals surface area contributed by atoms with Gasteiger partial charge in [0.2, 0.25) is 0 Å². The molecule has 1 fully saturated rings. The predicted octanol–water partition coefficient (Wildman–Crippen LogP) is 2.67. The normalized spacial score (nSPS) is 22.0. The van der Waals surface area contributed by atoms with Crippen molar-refractivity contribution in [1.29, 1.82) is 0 Å². The number of methoxy groups -OCH3 is 3. The van der Waals surface area contributed by atoms with Crippen LogP contribution >= 0.6 is 0 Å². The first-order chi connectivity index (χ1) is 10.5. The summed E-state index contributed by atoms with van der Waals surface area (Å²) >= 11 is 0. The monoisotopic (exact) mass is 308 g/mol. The third-order valence-electron chi connectivity index (χ3n) is 4.55. The fourth-order valence-corrected chi connectivity index (χ4v) is 2.92. The van der Waals surface area contributed by atoms with E-state index in [2.05, 4.69) is 13.8 Å². The van der Waals surface area contributed by atoms with Crippen LogP contribution in [0.4, 0.5) is 0 Å². The molecule has 1 saturated carbocycles. The number of hydrogen-bond donors (Lipinski definition) is 0. The molecule has 0 saturated heterocycles. The Bertz CT molecular complexity index is 538. The summed E-state index contributed by atoms with van der Waals surface area (Å²) in [7, 11) is 4.67. The highest BCUT2D eigenvalue weighted by Gasteiger charge is 2.62. The van der Waals surface area contributed by atoms with Gasteiger partial charge in [0, 0.05) is 17.5 Å².